The quantitative estimate of drug-likeness (QED) is 0.598. The van der Waals surface area contributed by atoms with Crippen LogP contribution in [0.25, 0.3) is 0 Å². The molecule has 0 radical (unpaired) electrons. The van der Waals surface area contributed by atoms with Crippen LogP contribution in [0.15, 0.2) is 0 Å². The van der Waals surface area contributed by atoms with Gasteiger partial charge in [0.25, 0.3) is 0 Å². The number of rotatable bonds is 2. The topological polar surface area (TPSA) is 32.3 Å². The van der Waals surface area contributed by atoms with Crippen molar-refractivity contribution in [1.29, 1.82) is 0 Å². The molecule has 10 heavy (non-hydrogen) atoms. The van der Waals surface area contributed by atoms with Gasteiger partial charge in [0.2, 0.25) is 0 Å². The van der Waals surface area contributed by atoms with E-state index in [1.165, 1.54) is 25.8 Å². The molecule has 2 nitrogen and oxygen atoms in total. The highest BCUT2D eigenvalue weighted by atomic mass is 16.3. The van der Waals surface area contributed by atoms with Crippen LogP contribution in [0.3, 0.4) is 0 Å². The van der Waals surface area contributed by atoms with Crippen LogP contribution in [-0.4, -0.2) is 24.8 Å². The summed E-state index contributed by atoms with van der Waals surface area (Å²) in [7, 11) is 0. The zero-order chi connectivity index (χ0) is 7.23. The maximum Gasteiger partial charge on any atom is 0.0433 e. The average Bonchev–Trinajstić information content (AvgIpc) is 2.17. The number of hydrogen-bond acceptors (Lipinski definition) is 2. The molecule has 1 aliphatic rings. The lowest BCUT2D eigenvalue weighted by Gasteiger charge is -2.10. The normalized spacial score (nSPS) is 27.9. The maximum absolute atomic E-state index is 8.69. The fraction of sp³-hybridized carbons (Fsp3) is 1.00. The molecule has 0 spiro atoms. The van der Waals surface area contributed by atoms with Gasteiger partial charge in [0.05, 0.1) is 0 Å². The lowest BCUT2D eigenvalue weighted by Crippen LogP contribution is -2.14. The zero-order valence-corrected chi connectivity index (χ0v) is 6.47. The summed E-state index contributed by atoms with van der Waals surface area (Å²) in [5.74, 6) is 0.778. The van der Waals surface area contributed by atoms with Gasteiger partial charge in [-0.3, -0.25) is 0 Å². The van der Waals surface area contributed by atoms with Gasteiger partial charge in [0.15, 0.2) is 0 Å². The molecular formula is C8H17NO. The molecule has 1 aliphatic heterocycles. The first-order chi connectivity index (χ1) is 4.93. The predicted molar refractivity (Wildman–Crippen MR) is 41.9 cm³/mol. The minimum absolute atomic E-state index is 0.366. The molecule has 1 rings (SSSR count). The van der Waals surface area contributed by atoms with Gasteiger partial charge in [-0.15, -0.1) is 0 Å². The van der Waals surface area contributed by atoms with E-state index in [0.29, 0.717) is 6.61 Å². The summed E-state index contributed by atoms with van der Waals surface area (Å²) in [6.07, 6.45) is 4.83. The van der Waals surface area contributed by atoms with E-state index in [2.05, 4.69) is 5.32 Å². The summed E-state index contributed by atoms with van der Waals surface area (Å²) in [4.78, 5) is 0. The van der Waals surface area contributed by atoms with Crippen molar-refractivity contribution >= 4 is 0 Å². The fourth-order valence-electron chi connectivity index (χ4n) is 1.56. The molecule has 1 fully saturated rings. The van der Waals surface area contributed by atoms with E-state index in [1.807, 2.05) is 0 Å². The molecule has 0 aromatic rings. The van der Waals surface area contributed by atoms with Gasteiger partial charge < -0.3 is 10.4 Å². The van der Waals surface area contributed by atoms with Crippen LogP contribution in [-0.2, 0) is 0 Å². The van der Waals surface area contributed by atoms with Crippen molar-refractivity contribution in [1.82, 2.24) is 5.32 Å². The molecule has 60 valence electrons. The van der Waals surface area contributed by atoms with Crippen molar-refractivity contribution in [3.8, 4) is 0 Å². The molecule has 0 saturated carbocycles. The van der Waals surface area contributed by atoms with Crippen LogP contribution in [0.1, 0.15) is 25.7 Å². The second-order valence-corrected chi connectivity index (χ2v) is 3.06. The Hall–Kier alpha value is -0.0800. The van der Waals surface area contributed by atoms with Gasteiger partial charge in [-0.25, -0.2) is 0 Å². The number of nitrogens with one attached hydrogen (secondary N) is 1. The largest absolute Gasteiger partial charge is 0.396 e. The Kier molecular flexibility index (Phi) is 3.76. The van der Waals surface area contributed by atoms with Gasteiger partial charge in [-0.05, 0) is 44.7 Å². The summed E-state index contributed by atoms with van der Waals surface area (Å²) < 4.78 is 0. The monoisotopic (exact) mass is 143 g/mol. The Morgan fingerprint density at radius 1 is 1.30 bits per heavy atom. The third-order valence-electron chi connectivity index (χ3n) is 2.23. The van der Waals surface area contributed by atoms with Crippen LogP contribution in [0.5, 0.6) is 0 Å². The minimum Gasteiger partial charge on any atom is -0.396 e. The maximum atomic E-state index is 8.69. The molecule has 1 saturated heterocycles. The van der Waals surface area contributed by atoms with Gasteiger partial charge in [-0.2, -0.15) is 0 Å². The van der Waals surface area contributed by atoms with Crippen LogP contribution >= 0.6 is 0 Å². The Morgan fingerprint density at radius 2 is 2.20 bits per heavy atom. The van der Waals surface area contributed by atoms with E-state index in [9.17, 15) is 0 Å². The Morgan fingerprint density at radius 3 is 3.00 bits per heavy atom. The minimum atomic E-state index is 0.366. The molecule has 2 N–H and O–H groups in total. The summed E-state index contributed by atoms with van der Waals surface area (Å²) in [5.41, 5.74) is 0. The first-order valence-corrected chi connectivity index (χ1v) is 4.25. The molecule has 0 bridgehead atoms. The lowest BCUT2D eigenvalue weighted by atomic mass is 9.98. The summed E-state index contributed by atoms with van der Waals surface area (Å²) in [6, 6.07) is 0. The van der Waals surface area contributed by atoms with E-state index in [1.54, 1.807) is 0 Å². The van der Waals surface area contributed by atoms with Crippen LogP contribution < -0.4 is 5.32 Å². The van der Waals surface area contributed by atoms with Crippen LogP contribution in [0, 0.1) is 5.92 Å². The molecule has 0 aromatic carbocycles. The van der Waals surface area contributed by atoms with E-state index >= 15 is 0 Å². The van der Waals surface area contributed by atoms with E-state index < -0.39 is 0 Å². The SMILES string of the molecule is OCCC1CCCNCC1. The fourth-order valence-corrected chi connectivity index (χ4v) is 1.56. The second kappa shape index (κ2) is 4.69. The lowest BCUT2D eigenvalue weighted by molar-refractivity contribution is 0.249. The first-order valence-electron chi connectivity index (χ1n) is 4.25. The van der Waals surface area contributed by atoms with Crippen molar-refractivity contribution in [2.24, 2.45) is 5.92 Å². The molecule has 1 unspecified atom stereocenters. The van der Waals surface area contributed by atoms with Crippen molar-refractivity contribution in [2.45, 2.75) is 25.7 Å². The van der Waals surface area contributed by atoms with Crippen molar-refractivity contribution < 1.29 is 5.11 Å². The molecule has 1 atom stereocenters. The smallest absolute Gasteiger partial charge is 0.0433 e. The summed E-state index contributed by atoms with van der Waals surface area (Å²) >= 11 is 0. The third kappa shape index (κ3) is 2.67. The highest BCUT2D eigenvalue weighted by Crippen LogP contribution is 2.16. The first kappa shape index (κ1) is 8.02. The van der Waals surface area contributed by atoms with Crippen molar-refractivity contribution in [3.05, 3.63) is 0 Å². The molecule has 0 amide bonds. The van der Waals surface area contributed by atoms with Crippen LogP contribution in [0.2, 0.25) is 0 Å². The number of aliphatic hydroxyl groups excluding tert-OH is 1. The second-order valence-electron chi connectivity index (χ2n) is 3.06. The van der Waals surface area contributed by atoms with Gasteiger partial charge in [-0.1, -0.05) is 0 Å². The summed E-state index contributed by atoms with van der Waals surface area (Å²) in [6.45, 7) is 2.68. The molecule has 2 heteroatoms. The molecule has 0 aromatic heterocycles. The third-order valence-corrected chi connectivity index (χ3v) is 2.23. The van der Waals surface area contributed by atoms with Gasteiger partial charge in [0, 0.05) is 6.61 Å². The van der Waals surface area contributed by atoms with Crippen molar-refractivity contribution in [2.75, 3.05) is 19.7 Å². The summed E-state index contributed by atoms with van der Waals surface area (Å²) in [5, 5.41) is 12.0. The van der Waals surface area contributed by atoms with E-state index in [4.69, 9.17) is 5.11 Å². The molecule has 1 heterocycles. The van der Waals surface area contributed by atoms with Crippen molar-refractivity contribution in [3.63, 3.8) is 0 Å². The number of hydrogen-bond donors (Lipinski definition) is 2. The number of aliphatic hydroxyl groups is 1. The standard InChI is InChI=1S/C8H17NO/c10-7-4-8-2-1-5-9-6-3-8/h8-10H,1-7H2. The van der Waals surface area contributed by atoms with E-state index in [0.717, 1.165) is 18.9 Å². The Labute approximate surface area is 62.6 Å². The molecule has 0 aliphatic carbocycles. The Bertz CT molecular complexity index is 77.3. The van der Waals surface area contributed by atoms with E-state index in [-0.39, 0.29) is 0 Å². The Balaban J connectivity index is 2.15. The zero-order valence-electron chi connectivity index (χ0n) is 6.47. The average molecular weight is 143 g/mol. The highest BCUT2D eigenvalue weighted by Gasteiger charge is 2.09. The van der Waals surface area contributed by atoms with Gasteiger partial charge in [0.1, 0.15) is 0 Å². The molecular weight excluding hydrogens is 126 g/mol. The predicted octanol–water partition coefficient (Wildman–Crippen LogP) is 0.758. The van der Waals surface area contributed by atoms with Crippen LogP contribution in [0.4, 0.5) is 0 Å². The highest BCUT2D eigenvalue weighted by molar-refractivity contribution is 4.65. The van der Waals surface area contributed by atoms with Gasteiger partial charge >= 0.3 is 0 Å².